The van der Waals surface area contributed by atoms with Crippen LogP contribution in [-0.2, 0) is 17.9 Å². The summed E-state index contributed by atoms with van der Waals surface area (Å²) in [4.78, 5) is 14.9. The smallest absolute Gasteiger partial charge is 0.228 e. The maximum absolute atomic E-state index is 12.9. The van der Waals surface area contributed by atoms with Crippen molar-refractivity contribution in [2.75, 3.05) is 13.7 Å². The van der Waals surface area contributed by atoms with Crippen LogP contribution in [0, 0.1) is 5.41 Å². The van der Waals surface area contributed by atoms with Gasteiger partial charge >= 0.3 is 0 Å². The molecule has 1 amide bonds. The summed E-state index contributed by atoms with van der Waals surface area (Å²) in [5.74, 6) is 1.07. The van der Waals surface area contributed by atoms with Gasteiger partial charge in [-0.2, -0.15) is 0 Å². The number of rotatable bonds is 8. The molecule has 4 heteroatoms. The van der Waals surface area contributed by atoms with Gasteiger partial charge < -0.3 is 14.2 Å². The molecule has 0 atom stereocenters. The highest BCUT2D eigenvalue weighted by molar-refractivity contribution is 5.81. The topological polar surface area (TPSA) is 34.5 Å². The summed E-state index contributed by atoms with van der Waals surface area (Å²) < 4.78 is 7.53. The lowest BCUT2D eigenvalue weighted by molar-refractivity contribution is -0.140. The molecule has 0 aliphatic rings. The van der Waals surface area contributed by atoms with E-state index in [1.54, 1.807) is 7.11 Å². The zero-order valence-electron chi connectivity index (χ0n) is 16.8. The molecule has 0 saturated carbocycles. The summed E-state index contributed by atoms with van der Waals surface area (Å²) in [5, 5.41) is 0. The van der Waals surface area contributed by atoms with Crippen LogP contribution < -0.4 is 4.74 Å². The van der Waals surface area contributed by atoms with E-state index in [1.165, 1.54) is 5.56 Å². The molecular weight excluding hydrogens is 324 g/mol. The number of aromatic nitrogens is 1. The van der Waals surface area contributed by atoms with Gasteiger partial charge in [0.1, 0.15) is 5.75 Å². The van der Waals surface area contributed by atoms with Crippen LogP contribution in [0.2, 0.25) is 0 Å². The van der Waals surface area contributed by atoms with E-state index < -0.39 is 0 Å². The van der Waals surface area contributed by atoms with E-state index in [4.69, 9.17) is 4.74 Å². The first-order valence-corrected chi connectivity index (χ1v) is 9.41. The van der Waals surface area contributed by atoms with Gasteiger partial charge in [0.15, 0.2) is 0 Å². The van der Waals surface area contributed by atoms with Crippen molar-refractivity contribution in [2.45, 2.75) is 53.6 Å². The third-order valence-corrected chi connectivity index (χ3v) is 4.47. The van der Waals surface area contributed by atoms with E-state index >= 15 is 0 Å². The van der Waals surface area contributed by atoms with Crippen molar-refractivity contribution < 1.29 is 9.53 Å². The number of carbonyl (C=O) groups is 1. The molecule has 0 saturated heterocycles. The van der Waals surface area contributed by atoms with Gasteiger partial charge in [0.2, 0.25) is 5.91 Å². The molecule has 0 unspecified atom stereocenters. The molecule has 0 aliphatic heterocycles. The maximum Gasteiger partial charge on any atom is 0.228 e. The molecule has 0 aliphatic carbocycles. The lowest BCUT2D eigenvalue weighted by Gasteiger charge is -2.30. The summed E-state index contributed by atoms with van der Waals surface area (Å²) in [6.07, 6.45) is 4.19. The second-order valence-electron chi connectivity index (χ2n) is 7.81. The van der Waals surface area contributed by atoms with Gasteiger partial charge in [0.05, 0.1) is 13.7 Å². The van der Waals surface area contributed by atoms with Gasteiger partial charge in [-0.25, -0.2) is 0 Å². The summed E-state index contributed by atoms with van der Waals surface area (Å²) >= 11 is 0. The van der Waals surface area contributed by atoms with Crippen LogP contribution >= 0.6 is 0 Å². The highest BCUT2D eigenvalue weighted by Crippen LogP contribution is 2.21. The number of methoxy groups -OCH3 is 1. The van der Waals surface area contributed by atoms with Crippen LogP contribution in [0.25, 0.3) is 0 Å². The largest absolute Gasteiger partial charge is 0.497 e. The molecule has 1 heterocycles. The van der Waals surface area contributed by atoms with E-state index in [0.29, 0.717) is 6.54 Å². The standard InChI is InChI=1S/C22H32N2O2/c1-6-7-13-24(21(25)22(2,3)4)17-19-11-9-14-23(19)16-18-10-8-12-20(15-18)26-5/h8-12,14-15H,6-7,13,16-17H2,1-5H3. The van der Waals surface area contributed by atoms with Gasteiger partial charge in [-0.15, -0.1) is 0 Å². The predicted molar refractivity (Wildman–Crippen MR) is 106 cm³/mol. The molecule has 26 heavy (non-hydrogen) atoms. The first-order chi connectivity index (χ1) is 12.3. The lowest BCUT2D eigenvalue weighted by Crippen LogP contribution is -2.40. The minimum Gasteiger partial charge on any atom is -0.497 e. The van der Waals surface area contributed by atoms with Gasteiger partial charge in [-0.05, 0) is 36.2 Å². The normalized spacial score (nSPS) is 11.4. The Morgan fingerprint density at radius 3 is 2.62 bits per heavy atom. The van der Waals surface area contributed by atoms with Crippen LogP contribution in [0.15, 0.2) is 42.6 Å². The molecule has 0 N–H and O–H groups in total. The quantitative estimate of drug-likeness (QED) is 0.686. The Kier molecular flexibility index (Phi) is 6.90. The minimum atomic E-state index is -0.363. The van der Waals surface area contributed by atoms with E-state index in [-0.39, 0.29) is 11.3 Å². The number of unbranched alkanes of at least 4 members (excludes halogenated alkanes) is 1. The zero-order valence-corrected chi connectivity index (χ0v) is 16.8. The van der Waals surface area contributed by atoms with Gasteiger partial charge in [-0.3, -0.25) is 4.79 Å². The molecule has 0 radical (unpaired) electrons. The third-order valence-electron chi connectivity index (χ3n) is 4.47. The second-order valence-corrected chi connectivity index (χ2v) is 7.81. The fourth-order valence-corrected chi connectivity index (χ4v) is 2.99. The number of benzene rings is 1. The first kappa shape index (κ1) is 20.1. The molecule has 1 aromatic carbocycles. The number of carbonyl (C=O) groups excluding carboxylic acids is 1. The minimum absolute atomic E-state index is 0.208. The van der Waals surface area contributed by atoms with E-state index in [9.17, 15) is 4.79 Å². The molecule has 2 rings (SSSR count). The number of ether oxygens (including phenoxy) is 1. The Hall–Kier alpha value is -2.23. The third kappa shape index (κ3) is 5.38. The zero-order chi connectivity index (χ0) is 19.2. The first-order valence-electron chi connectivity index (χ1n) is 9.41. The molecule has 0 bridgehead atoms. The molecule has 2 aromatic rings. The Morgan fingerprint density at radius 1 is 1.19 bits per heavy atom. The number of hydrogen-bond donors (Lipinski definition) is 0. The van der Waals surface area contributed by atoms with Crippen LogP contribution in [-0.4, -0.2) is 29.0 Å². The Balaban J connectivity index is 2.17. The Bertz CT molecular complexity index is 713. The van der Waals surface area contributed by atoms with Crippen molar-refractivity contribution in [1.29, 1.82) is 0 Å². The Morgan fingerprint density at radius 2 is 1.96 bits per heavy atom. The predicted octanol–water partition coefficient (Wildman–Crippen LogP) is 4.72. The lowest BCUT2D eigenvalue weighted by atomic mass is 9.94. The molecule has 142 valence electrons. The fourth-order valence-electron chi connectivity index (χ4n) is 2.99. The average molecular weight is 357 g/mol. The average Bonchev–Trinajstić information content (AvgIpc) is 3.04. The molecule has 0 spiro atoms. The SMILES string of the molecule is CCCCN(Cc1cccn1Cc1cccc(OC)c1)C(=O)C(C)(C)C. The molecular formula is C22H32N2O2. The number of hydrogen-bond acceptors (Lipinski definition) is 2. The molecule has 1 aromatic heterocycles. The van der Waals surface area contributed by atoms with Crippen LogP contribution in [0.5, 0.6) is 5.75 Å². The van der Waals surface area contributed by atoms with Crippen LogP contribution in [0.1, 0.15) is 51.8 Å². The van der Waals surface area contributed by atoms with Gasteiger partial charge in [0, 0.05) is 30.4 Å². The highest BCUT2D eigenvalue weighted by atomic mass is 16.5. The summed E-state index contributed by atoms with van der Waals surface area (Å²) in [6, 6.07) is 12.3. The van der Waals surface area contributed by atoms with Crippen LogP contribution in [0.4, 0.5) is 0 Å². The van der Waals surface area contributed by atoms with Crippen LogP contribution in [0.3, 0.4) is 0 Å². The molecule has 0 fully saturated rings. The van der Waals surface area contributed by atoms with E-state index in [0.717, 1.165) is 37.4 Å². The highest BCUT2D eigenvalue weighted by Gasteiger charge is 2.27. The van der Waals surface area contributed by atoms with Crippen molar-refractivity contribution in [3.63, 3.8) is 0 Å². The van der Waals surface area contributed by atoms with Crippen molar-refractivity contribution in [3.05, 3.63) is 53.9 Å². The second kappa shape index (κ2) is 8.93. The van der Waals surface area contributed by atoms with Gasteiger partial charge in [-0.1, -0.05) is 46.2 Å². The van der Waals surface area contributed by atoms with Crippen molar-refractivity contribution >= 4 is 5.91 Å². The summed E-state index contributed by atoms with van der Waals surface area (Å²) in [7, 11) is 1.68. The fraction of sp³-hybridized carbons (Fsp3) is 0.500. The Labute approximate surface area is 157 Å². The van der Waals surface area contributed by atoms with Gasteiger partial charge in [0.25, 0.3) is 0 Å². The van der Waals surface area contributed by atoms with Crippen molar-refractivity contribution in [3.8, 4) is 5.75 Å². The number of nitrogens with zero attached hydrogens (tertiary/aromatic N) is 2. The molecule has 4 nitrogen and oxygen atoms in total. The maximum atomic E-state index is 12.9. The van der Waals surface area contributed by atoms with Crippen molar-refractivity contribution in [2.24, 2.45) is 5.41 Å². The monoisotopic (exact) mass is 356 g/mol. The van der Waals surface area contributed by atoms with E-state index in [1.807, 2.05) is 37.8 Å². The summed E-state index contributed by atoms with van der Waals surface area (Å²) in [6.45, 7) is 10.3. The van der Waals surface area contributed by atoms with E-state index in [2.05, 4.69) is 42.0 Å². The number of amides is 1. The van der Waals surface area contributed by atoms with Crippen molar-refractivity contribution in [1.82, 2.24) is 9.47 Å². The summed E-state index contributed by atoms with van der Waals surface area (Å²) in [5.41, 5.74) is 1.98.